The van der Waals surface area contributed by atoms with Gasteiger partial charge in [0, 0.05) is 0 Å². The Labute approximate surface area is 160 Å². The third-order valence-electron chi connectivity index (χ3n) is 8.08. The van der Waals surface area contributed by atoms with Crippen molar-refractivity contribution in [3.8, 4) is 0 Å². The Morgan fingerprint density at radius 1 is 0.960 bits per heavy atom. The van der Waals surface area contributed by atoms with Gasteiger partial charge < -0.3 is 0 Å². The van der Waals surface area contributed by atoms with Crippen molar-refractivity contribution in [1.29, 1.82) is 0 Å². The van der Waals surface area contributed by atoms with E-state index in [9.17, 15) is 0 Å². The molecule has 0 nitrogen and oxygen atoms in total. The van der Waals surface area contributed by atoms with Crippen molar-refractivity contribution in [1.82, 2.24) is 0 Å². The molecule has 0 aromatic rings. The number of hydrogen-bond donors (Lipinski definition) is 0. The summed E-state index contributed by atoms with van der Waals surface area (Å²) in [5.74, 6) is 5.01. The topological polar surface area (TPSA) is 0 Å². The quantitative estimate of drug-likeness (QED) is 0.405. The Morgan fingerprint density at radius 2 is 1.44 bits per heavy atom. The molecule has 0 aromatic heterocycles. The van der Waals surface area contributed by atoms with Crippen LogP contribution in [0.4, 0.5) is 0 Å². The van der Waals surface area contributed by atoms with Gasteiger partial charge in [0.15, 0.2) is 0 Å². The molecule has 0 amide bonds. The number of hydrogen-bond acceptors (Lipinski definition) is 0. The normalized spacial score (nSPS) is 30.8. The average molecular weight is 349 g/mol. The maximum Gasteiger partial charge on any atom is -0.0155 e. The highest BCUT2D eigenvalue weighted by Crippen LogP contribution is 2.48. The van der Waals surface area contributed by atoms with E-state index in [1.54, 1.807) is 0 Å². The summed E-state index contributed by atoms with van der Waals surface area (Å²) in [6, 6.07) is 0. The molecule has 25 heavy (non-hydrogen) atoms. The van der Waals surface area contributed by atoms with Gasteiger partial charge in [0.25, 0.3) is 0 Å². The van der Waals surface area contributed by atoms with Crippen LogP contribution in [-0.2, 0) is 0 Å². The summed E-state index contributed by atoms with van der Waals surface area (Å²) >= 11 is 0. The molecule has 1 aliphatic rings. The second kappa shape index (κ2) is 8.62. The minimum Gasteiger partial charge on any atom is -0.0998 e. The first-order chi connectivity index (χ1) is 11.3. The third-order valence-corrected chi connectivity index (χ3v) is 8.08. The van der Waals surface area contributed by atoms with Crippen LogP contribution >= 0.6 is 0 Å². The standard InChI is InChI=1S/C25H48/c1-12-25(10,11)23(17(2)3)16-22-15-21(18(4)13-19(22)5)14-20(6)24(7,8)9/h18-23H,2,12-16H2,1,3-11H3. The Hall–Kier alpha value is -0.260. The Morgan fingerprint density at radius 3 is 1.84 bits per heavy atom. The van der Waals surface area contributed by atoms with Crippen LogP contribution in [0.1, 0.15) is 101 Å². The van der Waals surface area contributed by atoms with Gasteiger partial charge in [0.2, 0.25) is 0 Å². The van der Waals surface area contributed by atoms with Gasteiger partial charge in [-0.15, -0.1) is 0 Å². The predicted molar refractivity (Wildman–Crippen MR) is 115 cm³/mol. The monoisotopic (exact) mass is 348 g/mol. The molecule has 0 heterocycles. The second-order valence-corrected chi connectivity index (χ2v) is 11.4. The van der Waals surface area contributed by atoms with E-state index < -0.39 is 0 Å². The van der Waals surface area contributed by atoms with E-state index in [1.807, 2.05) is 0 Å². The fourth-order valence-corrected chi connectivity index (χ4v) is 5.03. The molecule has 0 aliphatic heterocycles. The maximum atomic E-state index is 4.37. The fraction of sp³-hybridized carbons (Fsp3) is 0.920. The summed E-state index contributed by atoms with van der Waals surface area (Å²) in [5.41, 5.74) is 2.21. The van der Waals surface area contributed by atoms with Crippen LogP contribution in [-0.4, -0.2) is 0 Å². The van der Waals surface area contributed by atoms with Gasteiger partial charge in [0.05, 0.1) is 0 Å². The molecule has 0 spiro atoms. The van der Waals surface area contributed by atoms with E-state index in [0.717, 1.165) is 29.6 Å². The van der Waals surface area contributed by atoms with Crippen molar-refractivity contribution in [2.45, 2.75) is 101 Å². The molecule has 1 saturated carbocycles. The summed E-state index contributed by atoms with van der Waals surface area (Å²) in [5, 5.41) is 0. The molecular formula is C25H48. The van der Waals surface area contributed by atoms with Gasteiger partial charge in [-0.1, -0.05) is 80.9 Å². The highest BCUT2D eigenvalue weighted by atomic mass is 14.4. The summed E-state index contributed by atoms with van der Waals surface area (Å²) < 4.78 is 0. The van der Waals surface area contributed by atoms with E-state index in [0.29, 0.717) is 16.7 Å². The van der Waals surface area contributed by atoms with Crippen LogP contribution < -0.4 is 0 Å². The van der Waals surface area contributed by atoms with Crippen molar-refractivity contribution < 1.29 is 0 Å². The van der Waals surface area contributed by atoms with Crippen LogP contribution in [0.2, 0.25) is 0 Å². The Balaban J connectivity index is 2.87. The van der Waals surface area contributed by atoms with E-state index in [1.165, 1.54) is 37.7 Å². The number of allylic oxidation sites excluding steroid dienone is 1. The van der Waals surface area contributed by atoms with Crippen molar-refractivity contribution in [2.24, 2.45) is 46.3 Å². The summed E-state index contributed by atoms with van der Waals surface area (Å²) in [6.07, 6.45) is 6.85. The first-order valence-corrected chi connectivity index (χ1v) is 10.9. The molecule has 6 unspecified atom stereocenters. The highest BCUT2D eigenvalue weighted by molar-refractivity contribution is 5.03. The van der Waals surface area contributed by atoms with Crippen molar-refractivity contribution in [3.05, 3.63) is 12.2 Å². The lowest BCUT2D eigenvalue weighted by Crippen LogP contribution is -2.35. The first-order valence-electron chi connectivity index (χ1n) is 10.9. The summed E-state index contributed by atoms with van der Waals surface area (Å²) in [6.45, 7) is 28.6. The minimum atomic E-state index is 0.378. The highest BCUT2D eigenvalue weighted by Gasteiger charge is 2.38. The third kappa shape index (κ3) is 6.14. The lowest BCUT2D eigenvalue weighted by atomic mass is 9.61. The van der Waals surface area contributed by atoms with Gasteiger partial charge in [-0.05, 0) is 78.9 Å². The van der Waals surface area contributed by atoms with E-state index >= 15 is 0 Å². The van der Waals surface area contributed by atoms with E-state index in [2.05, 4.69) is 75.8 Å². The Kier molecular flexibility index (Phi) is 7.85. The zero-order valence-corrected chi connectivity index (χ0v) is 19.2. The smallest absolute Gasteiger partial charge is 0.0155 e. The van der Waals surface area contributed by atoms with E-state index in [4.69, 9.17) is 0 Å². The molecule has 0 heteroatoms. The van der Waals surface area contributed by atoms with Crippen LogP contribution in [0.15, 0.2) is 12.2 Å². The van der Waals surface area contributed by atoms with Gasteiger partial charge >= 0.3 is 0 Å². The van der Waals surface area contributed by atoms with Crippen LogP contribution in [0.25, 0.3) is 0 Å². The largest absolute Gasteiger partial charge is 0.0998 e. The van der Waals surface area contributed by atoms with Gasteiger partial charge in [-0.3, -0.25) is 0 Å². The van der Waals surface area contributed by atoms with Crippen LogP contribution in [0.3, 0.4) is 0 Å². The fourth-order valence-electron chi connectivity index (χ4n) is 5.03. The summed E-state index contributed by atoms with van der Waals surface area (Å²) in [7, 11) is 0. The van der Waals surface area contributed by atoms with Crippen LogP contribution in [0.5, 0.6) is 0 Å². The summed E-state index contributed by atoms with van der Waals surface area (Å²) in [4.78, 5) is 0. The second-order valence-electron chi connectivity index (χ2n) is 11.4. The Bertz CT molecular complexity index is 422. The predicted octanol–water partition coefficient (Wildman–Crippen LogP) is 8.38. The van der Waals surface area contributed by atoms with Crippen LogP contribution in [0, 0.1) is 46.3 Å². The van der Waals surface area contributed by atoms with E-state index in [-0.39, 0.29) is 0 Å². The zero-order valence-electron chi connectivity index (χ0n) is 19.2. The van der Waals surface area contributed by atoms with Crippen molar-refractivity contribution >= 4 is 0 Å². The molecule has 0 N–H and O–H groups in total. The van der Waals surface area contributed by atoms with Crippen molar-refractivity contribution in [2.75, 3.05) is 0 Å². The minimum absolute atomic E-state index is 0.378. The molecule has 148 valence electrons. The van der Waals surface area contributed by atoms with Gasteiger partial charge in [-0.2, -0.15) is 0 Å². The maximum absolute atomic E-state index is 4.37. The molecule has 0 saturated heterocycles. The zero-order chi connectivity index (χ0) is 19.6. The van der Waals surface area contributed by atoms with Gasteiger partial charge in [-0.25, -0.2) is 0 Å². The SMILES string of the molecule is C=C(C)C(CC1CC(CC(C)C(C)(C)C)C(C)CC1C)C(C)(C)CC. The molecule has 6 atom stereocenters. The molecule has 1 rings (SSSR count). The lowest BCUT2D eigenvalue weighted by molar-refractivity contribution is 0.0679. The molecule has 1 fully saturated rings. The molecular weight excluding hydrogens is 300 g/mol. The molecule has 1 aliphatic carbocycles. The number of rotatable bonds is 7. The van der Waals surface area contributed by atoms with Crippen molar-refractivity contribution in [3.63, 3.8) is 0 Å². The average Bonchev–Trinajstić information content (AvgIpc) is 2.46. The molecule has 0 bridgehead atoms. The molecule has 0 aromatic carbocycles. The first kappa shape index (κ1) is 22.8. The van der Waals surface area contributed by atoms with Gasteiger partial charge in [0.1, 0.15) is 0 Å². The lowest BCUT2D eigenvalue weighted by Gasteiger charge is -2.45. The molecule has 0 radical (unpaired) electrons.